The van der Waals surface area contributed by atoms with Gasteiger partial charge in [0.25, 0.3) is 0 Å². The number of thioether (sulfide) groups is 1. The van der Waals surface area contributed by atoms with Gasteiger partial charge in [0, 0.05) is 17.4 Å². The molecule has 0 bridgehead atoms. The van der Waals surface area contributed by atoms with Gasteiger partial charge in [-0.3, -0.25) is 0 Å². The molecule has 1 heterocycles. The van der Waals surface area contributed by atoms with Crippen molar-refractivity contribution >= 4 is 22.8 Å². The third-order valence-corrected chi connectivity index (χ3v) is 4.55. The molecule has 0 aliphatic heterocycles. The molecule has 1 aliphatic carbocycles. The summed E-state index contributed by atoms with van der Waals surface area (Å²) in [5, 5.41) is 1.58. The molecule has 96 valence electrons. The lowest BCUT2D eigenvalue weighted by molar-refractivity contribution is 0.415. The highest BCUT2D eigenvalue weighted by Gasteiger charge is 2.23. The molecule has 1 saturated carbocycles. The van der Waals surface area contributed by atoms with Crippen molar-refractivity contribution in [1.29, 1.82) is 0 Å². The van der Waals surface area contributed by atoms with Gasteiger partial charge in [-0.15, -0.1) is 0 Å². The Labute approximate surface area is 110 Å². The number of fused-ring (bicyclic) bond motifs is 1. The van der Waals surface area contributed by atoms with Crippen molar-refractivity contribution in [3.8, 4) is 5.75 Å². The molecule has 5 heteroatoms. The van der Waals surface area contributed by atoms with E-state index < -0.39 is 0 Å². The Morgan fingerprint density at radius 2 is 2.33 bits per heavy atom. The topological polar surface area (TPSA) is 63.9 Å². The van der Waals surface area contributed by atoms with E-state index >= 15 is 0 Å². The molecule has 1 aromatic carbocycles. The number of nitrogens with one attached hydrogen (secondary N) is 1. The van der Waals surface area contributed by atoms with Crippen LogP contribution in [0.1, 0.15) is 19.3 Å². The number of nitrogens with zero attached hydrogens (tertiary/aromatic N) is 1. The van der Waals surface area contributed by atoms with E-state index in [1.807, 2.05) is 18.2 Å². The van der Waals surface area contributed by atoms with E-state index in [4.69, 9.17) is 10.5 Å². The number of hydrogen-bond acceptors (Lipinski definition) is 4. The fraction of sp³-hybridized carbons (Fsp3) is 0.462. The summed E-state index contributed by atoms with van der Waals surface area (Å²) in [6, 6.07) is 6.26. The quantitative estimate of drug-likeness (QED) is 0.893. The highest BCUT2D eigenvalue weighted by atomic mass is 32.2. The fourth-order valence-corrected chi connectivity index (χ4v) is 3.62. The summed E-state index contributed by atoms with van der Waals surface area (Å²) in [4.78, 5) is 7.93. The van der Waals surface area contributed by atoms with Crippen molar-refractivity contribution in [2.45, 2.75) is 35.7 Å². The summed E-state index contributed by atoms with van der Waals surface area (Å²) >= 11 is 1.81. The number of rotatable bonds is 3. The second kappa shape index (κ2) is 4.82. The van der Waals surface area contributed by atoms with Crippen molar-refractivity contribution in [3.63, 3.8) is 0 Å². The Balaban J connectivity index is 1.80. The number of aromatic amines is 1. The normalized spacial score (nSPS) is 23.7. The zero-order chi connectivity index (χ0) is 12.5. The van der Waals surface area contributed by atoms with Crippen molar-refractivity contribution in [1.82, 2.24) is 9.97 Å². The first-order valence-electron chi connectivity index (χ1n) is 6.20. The van der Waals surface area contributed by atoms with Crippen molar-refractivity contribution < 1.29 is 4.74 Å². The third-order valence-electron chi connectivity index (χ3n) is 3.37. The fourth-order valence-electron chi connectivity index (χ4n) is 2.39. The number of ether oxygens (including phenoxy) is 1. The Hall–Kier alpha value is -1.20. The average Bonchev–Trinajstić information content (AvgIpc) is 2.94. The standard InChI is InChI=1S/C13H17N3OS/c1-17-9-3-5-11-12(7-9)16-13(15-11)18-10-4-2-8(14)6-10/h3,5,7-8,10H,2,4,6,14H2,1H3,(H,15,16). The lowest BCUT2D eigenvalue weighted by Gasteiger charge is -2.05. The van der Waals surface area contributed by atoms with Gasteiger partial charge in [-0.25, -0.2) is 4.98 Å². The Bertz CT molecular complexity index is 554. The van der Waals surface area contributed by atoms with Gasteiger partial charge in [0.15, 0.2) is 5.16 Å². The molecule has 1 aromatic heterocycles. The van der Waals surface area contributed by atoms with Crippen LogP contribution in [0.2, 0.25) is 0 Å². The number of methoxy groups -OCH3 is 1. The molecule has 0 radical (unpaired) electrons. The monoisotopic (exact) mass is 263 g/mol. The highest BCUT2D eigenvalue weighted by molar-refractivity contribution is 7.99. The first kappa shape index (κ1) is 11.9. The maximum Gasteiger partial charge on any atom is 0.166 e. The van der Waals surface area contributed by atoms with Crippen LogP contribution in [0.15, 0.2) is 23.4 Å². The molecule has 18 heavy (non-hydrogen) atoms. The van der Waals surface area contributed by atoms with E-state index in [-0.39, 0.29) is 0 Å². The van der Waals surface area contributed by atoms with Crippen molar-refractivity contribution in [2.75, 3.05) is 7.11 Å². The van der Waals surface area contributed by atoms with Crippen LogP contribution in [0.4, 0.5) is 0 Å². The van der Waals surface area contributed by atoms with Gasteiger partial charge in [0.2, 0.25) is 0 Å². The van der Waals surface area contributed by atoms with Crippen LogP contribution in [0, 0.1) is 0 Å². The van der Waals surface area contributed by atoms with Crippen LogP contribution in [0.25, 0.3) is 11.0 Å². The number of H-pyrrole nitrogens is 1. The maximum absolute atomic E-state index is 5.93. The summed E-state index contributed by atoms with van der Waals surface area (Å²) in [7, 11) is 1.67. The predicted octanol–water partition coefficient (Wildman–Crippen LogP) is 2.54. The van der Waals surface area contributed by atoms with Crippen LogP contribution >= 0.6 is 11.8 Å². The minimum Gasteiger partial charge on any atom is -0.497 e. The molecule has 2 unspecified atom stereocenters. The van der Waals surface area contributed by atoms with Gasteiger partial charge in [0.1, 0.15) is 5.75 Å². The van der Waals surface area contributed by atoms with Crippen LogP contribution in [-0.4, -0.2) is 28.4 Å². The van der Waals surface area contributed by atoms with Gasteiger partial charge < -0.3 is 15.5 Å². The van der Waals surface area contributed by atoms with Gasteiger partial charge in [0.05, 0.1) is 18.1 Å². The third kappa shape index (κ3) is 2.33. The Morgan fingerprint density at radius 3 is 3.06 bits per heavy atom. The molecule has 0 amide bonds. The lowest BCUT2D eigenvalue weighted by atomic mass is 10.3. The summed E-state index contributed by atoms with van der Waals surface area (Å²) in [5.74, 6) is 0.852. The average molecular weight is 263 g/mol. The Kier molecular flexibility index (Phi) is 3.18. The van der Waals surface area contributed by atoms with Gasteiger partial charge >= 0.3 is 0 Å². The van der Waals surface area contributed by atoms with E-state index in [1.54, 1.807) is 18.9 Å². The number of nitrogens with two attached hydrogens (primary N) is 1. The number of hydrogen-bond donors (Lipinski definition) is 2. The largest absolute Gasteiger partial charge is 0.497 e. The number of benzene rings is 1. The first-order chi connectivity index (χ1) is 8.74. The molecule has 1 aliphatic rings. The summed E-state index contributed by atoms with van der Waals surface area (Å²) < 4.78 is 5.21. The summed E-state index contributed by atoms with van der Waals surface area (Å²) in [6.45, 7) is 0. The summed E-state index contributed by atoms with van der Waals surface area (Å²) in [6.07, 6.45) is 3.41. The van der Waals surface area contributed by atoms with Crippen LogP contribution < -0.4 is 10.5 Å². The first-order valence-corrected chi connectivity index (χ1v) is 7.08. The second-order valence-corrected chi connectivity index (χ2v) is 6.03. The number of imidazole rings is 1. The van der Waals surface area contributed by atoms with E-state index in [1.165, 1.54) is 6.42 Å². The van der Waals surface area contributed by atoms with E-state index in [0.29, 0.717) is 11.3 Å². The minimum atomic E-state index is 0.368. The molecule has 3 N–H and O–H groups in total. The Morgan fingerprint density at radius 1 is 1.44 bits per heavy atom. The maximum atomic E-state index is 5.93. The second-order valence-electron chi connectivity index (χ2n) is 4.74. The minimum absolute atomic E-state index is 0.368. The molecule has 4 nitrogen and oxygen atoms in total. The molecule has 0 saturated heterocycles. The molecule has 2 atom stereocenters. The number of aromatic nitrogens is 2. The molecule has 3 rings (SSSR count). The molecular weight excluding hydrogens is 246 g/mol. The molecule has 2 aromatic rings. The summed E-state index contributed by atoms with van der Waals surface area (Å²) in [5.41, 5.74) is 7.94. The van der Waals surface area contributed by atoms with Crippen LogP contribution in [0.3, 0.4) is 0 Å². The van der Waals surface area contributed by atoms with Crippen molar-refractivity contribution in [2.24, 2.45) is 5.73 Å². The van der Waals surface area contributed by atoms with E-state index in [9.17, 15) is 0 Å². The van der Waals surface area contributed by atoms with Crippen molar-refractivity contribution in [3.05, 3.63) is 18.2 Å². The molecular formula is C13H17N3OS. The highest BCUT2D eigenvalue weighted by Crippen LogP contribution is 2.34. The zero-order valence-corrected chi connectivity index (χ0v) is 11.2. The van der Waals surface area contributed by atoms with Crippen LogP contribution in [-0.2, 0) is 0 Å². The molecule has 0 spiro atoms. The smallest absolute Gasteiger partial charge is 0.166 e. The van der Waals surface area contributed by atoms with E-state index in [2.05, 4.69) is 9.97 Å². The van der Waals surface area contributed by atoms with E-state index in [0.717, 1.165) is 34.8 Å². The zero-order valence-electron chi connectivity index (χ0n) is 10.3. The predicted molar refractivity (Wildman–Crippen MR) is 74.1 cm³/mol. The molecule has 1 fully saturated rings. The van der Waals surface area contributed by atoms with Crippen LogP contribution in [0.5, 0.6) is 5.75 Å². The lowest BCUT2D eigenvalue weighted by Crippen LogP contribution is -2.15. The SMILES string of the molecule is COc1ccc2nc(SC3CCC(N)C3)[nH]c2c1. The van der Waals surface area contributed by atoms with Gasteiger partial charge in [-0.2, -0.15) is 0 Å². The van der Waals surface area contributed by atoms with Gasteiger partial charge in [-0.1, -0.05) is 11.8 Å². The van der Waals surface area contributed by atoms with Gasteiger partial charge in [-0.05, 0) is 31.4 Å².